The summed E-state index contributed by atoms with van der Waals surface area (Å²) in [5.74, 6) is -0.0717. The first-order valence-corrected chi connectivity index (χ1v) is 26.1. The van der Waals surface area contributed by atoms with Gasteiger partial charge in [0.25, 0.3) is 0 Å². The monoisotopic (exact) mass is 867 g/mol. The van der Waals surface area contributed by atoms with E-state index in [4.69, 9.17) is 9.47 Å². The molecule has 0 heterocycles. The third kappa shape index (κ3) is 16.2. The Labute approximate surface area is 388 Å². The predicted molar refractivity (Wildman–Crippen MR) is 273 cm³/mol. The van der Waals surface area contributed by atoms with Gasteiger partial charge in [-0.3, -0.25) is 0 Å². The van der Waals surface area contributed by atoms with Crippen molar-refractivity contribution in [1.29, 1.82) is 0 Å². The zero-order valence-corrected chi connectivity index (χ0v) is 40.5. The van der Waals surface area contributed by atoms with Crippen molar-refractivity contribution in [3.05, 3.63) is 118 Å². The standard InChI is InChI=1S/C60H82O4/c1-5-9-13-17-21-25-33-47-37-31-39-51-45-53(43-49(57(47)51)35-27-23-19-15-11-7-3)63-59(61)55-41-29-30-42-56(55)60(62)64-54-44-50(36-28-24-20-16-12-8-4)58-48(38-32-40-52(58)46-54)34-26-22-18-14-10-6-2/h29-32,37-46H,5-28,33-36H2,1-4H3. The second-order valence-corrected chi connectivity index (χ2v) is 18.6. The fourth-order valence-electron chi connectivity index (χ4n) is 9.62. The summed E-state index contributed by atoms with van der Waals surface area (Å²) in [6.07, 6.45) is 33.9. The molecule has 0 atom stereocenters. The molecule has 4 heteroatoms. The summed E-state index contributed by atoms with van der Waals surface area (Å²) >= 11 is 0. The van der Waals surface area contributed by atoms with E-state index in [-0.39, 0.29) is 11.1 Å². The van der Waals surface area contributed by atoms with Gasteiger partial charge in [-0.15, -0.1) is 0 Å². The minimum atomic E-state index is -0.553. The highest BCUT2D eigenvalue weighted by Crippen LogP contribution is 2.34. The number of hydrogen-bond donors (Lipinski definition) is 0. The first-order chi connectivity index (χ1) is 31.5. The molecule has 4 nitrogen and oxygen atoms in total. The van der Waals surface area contributed by atoms with Crippen molar-refractivity contribution in [2.75, 3.05) is 0 Å². The summed E-state index contributed by atoms with van der Waals surface area (Å²) in [5, 5.41) is 4.83. The van der Waals surface area contributed by atoms with Crippen LogP contribution in [-0.4, -0.2) is 11.9 Å². The van der Waals surface area contributed by atoms with Gasteiger partial charge in [-0.05, 0) is 132 Å². The molecule has 0 aliphatic carbocycles. The molecule has 64 heavy (non-hydrogen) atoms. The molecule has 5 rings (SSSR count). The zero-order chi connectivity index (χ0) is 45.2. The van der Waals surface area contributed by atoms with Crippen molar-refractivity contribution < 1.29 is 19.1 Å². The molecule has 0 N–H and O–H groups in total. The van der Waals surface area contributed by atoms with E-state index in [0.717, 1.165) is 49.3 Å². The largest absolute Gasteiger partial charge is 0.423 e. The fourth-order valence-corrected chi connectivity index (χ4v) is 9.62. The Balaban J connectivity index is 1.36. The molecule has 0 aromatic heterocycles. The minimum Gasteiger partial charge on any atom is -0.423 e. The Bertz CT molecular complexity index is 1990. The number of aryl methyl sites for hydroxylation is 4. The van der Waals surface area contributed by atoms with E-state index in [1.54, 1.807) is 24.3 Å². The first-order valence-electron chi connectivity index (χ1n) is 26.1. The van der Waals surface area contributed by atoms with Crippen LogP contribution in [0.4, 0.5) is 0 Å². The minimum absolute atomic E-state index is 0.205. The number of fused-ring (bicyclic) bond motifs is 2. The number of hydrogen-bond acceptors (Lipinski definition) is 4. The van der Waals surface area contributed by atoms with Gasteiger partial charge in [0.05, 0.1) is 11.1 Å². The van der Waals surface area contributed by atoms with E-state index in [0.29, 0.717) is 11.5 Å². The average molecular weight is 867 g/mol. The van der Waals surface area contributed by atoms with Gasteiger partial charge in [0, 0.05) is 0 Å². The number of rotatable bonds is 32. The van der Waals surface area contributed by atoms with E-state index in [9.17, 15) is 9.59 Å². The average Bonchev–Trinajstić information content (AvgIpc) is 3.30. The maximum absolute atomic E-state index is 14.1. The van der Waals surface area contributed by atoms with Crippen LogP contribution in [0.5, 0.6) is 11.5 Å². The van der Waals surface area contributed by atoms with Crippen LogP contribution in [0.3, 0.4) is 0 Å². The lowest BCUT2D eigenvalue weighted by Gasteiger charge is -2.16. The van der Waals surface area contributed by atoms with Crippen LogP contribution in [0, 0.1) is 0 Å². The molecule has 0 fully saturated rings. The molecule has 0 bridgehead atoms. The third-order valence-electron chi connectivity index (χ3n) is 13.2. The van der Waals surface area contributed by atoms with Crippen LogP contribution in [0.25, 0.3) is 21.5 Å². The number of ether oxygens (including phenoxy) is 2. The van der Waals surface area contributed by atoms with Crippen molar-refractivity contribution in [2.24, 2.45) is 0 Å². The van der Waals surface area contributed by atoms with Crippen molar-refractivity contribution in [3.63, 3.8) is 0 Å². The van der Waals surface area contributed by atoms with Gasteiger partial charge in [-0.2, -0.15) is 0 Å². The molecule has 5 aromatic rings. The summed E-state index contributed by atoms with van der Waals surface area (Å²) in [6.45, 7) is 9.06. The van der Waals surface area contributed by atoms with E-state index in [1.165, 1.54) is 174 Å². The normalized spacial score (nSPS) is 11.4. The number of carbonyl (C=O) groups is 2. The van der Waals surface area contributed by atoms with Crippen LogP contribution in [0.2, 0.25) is 0 Å². The third-order valence-corrected chi connectivity index (χ3v) is 13.2. The highest BCUT2D eigenvalue weighted by molar-refractivity contribution is 6.05. The predicted octanol–water partition coefficient (Wildman–Crippen LogP) is 18.0. The Morgan fingerprint density at radius 2 is 0.656 bits per heavy atom. The smallest absolute Gasteiger partial charge is 0.344 e. The number of carbonyl (C=O) groups excluding carboxylic acids is 2. The van der Waals surface area contributed by atoms with Crippen LogP contribution >= 0.6 is 0 Å². The molecule has 346 valence electrons. The Kier molecular flexibility index (Phi) is 23.0. The maximum Gasteiger partial charge on any atom is 0.344 e. The highest BCUT2D eigenvalue weighted by atomic mass is 16.5. The van der Waals surface area contributed by atoms with Crippen molar-refractivity contribution in [2.45, 2.75) is 207 Å². The van der Waals surface area contributed by atoms with Gasteiger partial charge < -0.3 is 9.47 Å². The summed E-state index contributed by atoms with van der Waals surface area (Å²) in [6, 6.07) is 28.2. The molecule has 5 aromatic carbocycles. The second kappa shape index (κ2) is 29.2. The summed E-state index contributed by atoms with van der Waals surface area (Å²) in [5.41, 5.74) is 5.67. The summed E-state index contributed by atoms with van der Waals surface area (Å²) in [7, 11) is 0. The van der Waals surface area contributed by atoms with Crippen molar-refractivity contribution in [3.8, 4) is 11.5 Å². The molecule has 0 aliphatic rings. The Hall–Kier alpha value is -4.44. The van der Waals surface area contributed by atoms with Crippen LogP contribution in [0.1, 0.15) is 225 Å². The quantitative estimate of drug-likeness (QED) is 0.0245. The topological polar surface area (TPSA) is 52.6 Å². The van der Waals surface area contributed by atoms with Crippen LogP contribution < -0.4 is 9.47 Å². The lowest BCUT2D eigenvalue weighted by molar-refractivity contribution is 0.0692. The van der Waals surface area contributed by atoms with E-state index >= 15 is 0 Å². The van der Waals surface area contributed by atoms with Crippen LogP contribution in [0.15, 0.2) is 84.9 Å². The summed E-state index contributed by atoms with van der Waals surface area (Å²) < 4.78 is 12.4. The number of benzene rings is 5. The van der Waals surface area contributed by atoms with E-state index in [1.807, 2.05) is 12.1 Å². The molecular weight excluding hydrogens is 785 g/mol. The Morgan fingerprint density at radius 1 is 0.344 bits per heavy atom. The van der Waals surface area contributed by atoms with Crippen molar-refractivity contribution in [1.82, 2.24) is 0 Å². The molecule has 0 saturated carbocycles. The molecule has 0 amide bonds. The SMILES string of the molecule is CCCCCCCCc1cccc2cc(OC(=O)c3ccccc3C(=O)Oc3cc(CCCCCCCC)c4c(CCCCCCCC)cccc4c3)cc(CCCCCCCC)c12. The molecular formula is C60H82O4. The van der Waals surface area contributed by atoms with Gasteiger partial charge in [0.15, 0.2) is 0 Å². The van der Waals surface area contributed by atoms with Crippen molar-refractivity contribution >= 4 is 33.5 Å². The summed E-state index contributed by atoms with van der Waals surface area (Å²) in [4.78, 5) is 28.3. The zero-order valence-electron chi connectivity index (χ0n) is 40.5. The lowest BCUT2D eigenvalue weighted by atomic mass is 9.92. The number of esters is 2. The lowest BCUT2D eigenvalue weighted by Crippen LogP contribution is -2.17. The van der Waals surface area contributed by atoms with Gasteiger partial charge in [0.2, 0.25) is 0 Å². The fraction of sp³-hybridized carbons (Fsp3) is 0.533. The van der Waals surface area contributed by atoms with Gasteiger partial charge >= 0.3 is 11.9 Å². The molecule has 0 unspecified atom stereocenters. The molecule has 0 spiro atoms. The number of unbranched alkanes of at least 4 members (excludes halogenated alkanes) is 20. The van der Waals surface area contributed by atoms with Gasteiger partial charge in [0.1, 0.15) is 11.5 Å². The maximum atomic E-state index is 14.1. The highest BCUT2D eigenvalue weighted by Gasteiger charge is 2.22. The molecule has 0 saturated heterocycles. The van der Waals surface area contributed by atoms with E-state index < -0.39 is 11.9 Å². The van der Waals surface area contributed by atoms with E-state index in [2.05, 4.69) is 76.2 Å². The molecule has 0 aliphatic heterocycles. The Morgan fingerprint density at radius 3 is 1.00 bits per heavy atom. The van der Waals surface area contributed by atoms with Gasteiger partial charge in [-0.25, -0.2) is 9.59 Å². The van der Waals surface area contributed by atoms with Gasteiger partial charge in [-0.1, -0.05) is 205 Å². The second-order valence-electron chi connectivity index (χ2n) is 18.6. The van der Waals surface area contributed by atoms with Crippen LogP contribution in [-0.2, 0) is 25.7 Å². The first kappa shape index (κ1) is 50.6. The molecule has 0 radical (unpaired) electrons.